The highest BCUT2D eigenvalue weighted by atomic mass is 19.4. The maximum Gasteiger partial charge on any atom is 0.416 e. The van der Waals surface area contributed by atoms with Gasteiger partial charge in [0.2, 0.25) is 0 Å². The summed E-state index contributed by atoms with van der Waals surface area (Å²) in [6.07, 6.45) is 4.57. The number of hydrogen-bond acceptors (Lipinski definition) is 2. The van der Waals surface area contributed by atoms with E-state index in [1.54, 1.807) is 0 Å². The molecule has 1 unspecified atom stereocenters. The summed E-state index contributed by atoms with van der Waals surface area (Å²) in [5.74, 6) is 0.210. The van der Waals surface area contributed by atoms with Crippen molar-refractivity contribution in [1.29, 1.82) is 0 Å². The topological polar surface area (TPSA) is 37.4 Å². The Morgan fingerprint density at radius 3 is 2.32 bits per heavy atom. The fourth-order valence-electron chi connectivity index (χ4n) is 4.02. The number of amides is 1. The zero-order valence-corrected chi connectivity index (χ0v) is 16.7. The molecule has 1 aliphatic carbocycles. The lowest BCUT2D eigenvalue weighted by Gasteiger charge is -2.31. The third-order valence-electron chi connectivity index (χ3n) is 5.51. The zero-order valence-electron chi connectivity index (χ0n) is 16.7. The minimum Gasteiger partial charge on any atom is -0.297 e. The first kappa shape index (κ1) is 22.5. The summed E-state index contributed by atoms with van der Waals surface area (Å²) in [5.41, 5.74) is -0.835. The first-order chi connectivity index (χ1) is 14.7. The molecule has 0 aromatic heterocycles. The lowest BCUT2D eigenvalue weighted by molar-refractivity contribution is -0.137. The van der Waals surface area contributed by atoms with E-state index in [-0.39, 0.29) is 29.4 Å². The quantitative estimate of drug-likeness (QED) is 0.435. The summed E-state index contributed by atoms with van der Waals surface area (Å²) in [4.78, 5) is 26.9. The molecular formula is C24H21F4NO2. The number of carbonyl (C=O) groups excluding carboxylic acids is 2. The molecule has 1 aliphatic rings. The molecule has 0 heterocycles. The number of benzene rings is 2. The predicted molar refractivity (Wildman–Crippen MR) is 108 cm³/mol. The van der Waals surface area contributed by atoms with Crippen molar-refractivity contribution >= 4 is 17.4 Å². The number of hydrogen-bond donors (Lipinski definition) is 0. The van der Waals surface area contributed by atoms with Crippen molar-refractivity contribution in [1.82, 2.24) is 0 Å². The summed E-state index contributed by atoms with van der Waals surface area (Å²) >= 11 is 0. The van der Waals surface area contributed by atoms with Gasteiger partial charge in [0.1, 0.15) is 11.9 Å². The normalized spacial score (nSPS) is 15.3. The van der Waals surface area contributed by atoms with E-state index in [0.29, 0.717) is 0 Å². The van der Waals surface area contributed by atoms with Gasteiger partial charge < -0.3 is 0 Å². The number of alkyl halides is 3. The molecule has 2 aromatic rings. The van der Waals surface area contributed by atoms with Crippen LogP contribution in [0.4, 0.5) is 23.2 Å². The molecule has 1 atom stereocenters. The van der Waals surface area contributed by atoms with Crippen molar-refractivity contribution in [3.63, 3.8) is 0 Å². The van der Waals surface area contributed by atoms with Gasteiger partial charge in [0, 0.05) is 12.1 Å². The van der Waals surface area contributed by atoms with E-state index in [4.69, 9.17) is 6.42 Å². The molecular weight excluding hydrogens is 410 g/mol. The second-order valence-electron chi connectivity index (χ2n) is 7.64. The van der Waals surface area contributed by atoms with E-state index in [1.165, 1.54) is 18.2 Å². The van der Waals surface area contributed by atoms with Crippen LogP contribution in [0.1, 0.15) is 49.3 Å². The molecule has 0 radical (unpaired) electrons. The average Bonchev–Trinajstić information content (AvgIpc) is 3.24. The molecule has 2 aromatic carbocycles. The molecule has 3 rings (SSSR count). The fraction of sp³-hybridized carbons (Fsp3) is 0.333. The minimum absolute atomic E-state index is 0.139. The van der Waals surface area contributed by atoms with Crippen LogP contribution in [0.2, 0.25) is 0 Å². The van der Waals surface area contributed by atoms with Crippen LogP contribution in [0, 0.1) is 24.1 Å². The minimum atomic E-state index is -4.64. The summed E-state index contributed by atoms with van der Waals surface area (Å²) < 4.78 is 53.3. The highest BCUT2D eigenvalue weighted by Crippen LogP contribution is 2.37. The number of rotatable bonds is 6. The van der Waals surface area contributed by atoms with Gasteiger partial charge in [-0.05, 0) is 47.7 Å². The Balaban J connectivity index is 2.09. The van der Waals surface area contributed by atoms with E-state index in [1.807, 2.05) is 5.92 Å². The van der Waals surface area contributed by atoms with Crippen LogP contribution in [-0.2, 0) is 15.8 Å². The van der Waals surface area contributed by atoms with Gasteiger partial charge in [-0.25, -0.2) is 4.39 Å². The number of Topliss-reactive ketones (excluding diaryl/α,β-unsaturated/α-hetero) is 1. The van der Waals surface area contributed by atoms with Gasteiger partial charge in [-0.15, -0.1) is 6.42 Å². The van der Waals surface area contributed by atoms with Gasteiger partial charge in [0.25, 0.3) is 0 Å². The maximum atomic E-state index is 13.5. The van der Waals surface area contributed by atoms with Gasteiger partial charge in [-0.2, -0.15) is 13.2 Å². The number of halogens is 4. The first-order valence-electron chi connectivity index (χ1n) is 9.96. The van der Waals surface area contributed by atoms with Crippen molar-refractivity contribution in [2.24, 2.45) is 5.92 Å². The average molecular weight is 431 g/mol. The van der Waals surface area contributed by atoms with Crippen LogP contribution in [0.5, 0.6) is 0 Å². The molecule has 162 valence electrons. The lowest BCUT2D eigenvalue weighted by Crippen LogP contribution is -2.39. The number of ketones is 1. The molecule has 1 fully saturated rings. The van der Waals surface area contributed by atoms with Crippen LogP contribution in [0.3, 0.4) is 0 Å². The summed E-state index contributed by atoms with van der Waals surface area (Å²) in [6, 6.07) is 7.80. The number of nitrogens with zero attached hydrogens (tertiary/aromatic N) is 1. The Kier molecular flexibility index (Phi) is 6.79. The van der Waals surface area contributed by atoms with E-state index in [2.05, 4.69) is 0 Å². The van der Waals surface area contributed by atoms with Crippen LogP contribution in [0.15, 0.2) is 48.5 Å². The van der Waals surface area contributed by atoms with Crippen molar-refractivity contribution < 1.29 is 27.2 Å². The standard InChI is InChI=1S/C24H21F4NO2/c1-2-22(31)29(20-9-5-8-18(15-20)24(26,27)28)23(17-10-12-19(25)13-11-17)21(30)14-16-6-3-4-7-16/h1,5,8-13,15-16,23H,3-4,6-7,14H2. The summed E-state index contributed by atoms with van der Waals surface area (Å²) in [6.45, 7) is 0. The van der Waals surface area contributed by atoms with Crippen LogP contribution >= 0.6 is 0 Å². The van der Waals surface area contributed by atoms with E-state index in [0.717, 1.165) is 60.9 Å². The summed E-state index contributed by atoms with van der Waals surface area (Å²) in [5, 5.41) is 0. The maximum absolute atomic E-state index is 13.5. The predicted octanol–water partition coefficient (Wildman–Crippen LogP) is 5.70. The lowest BCUT2D eigenvalue weighted by atomic mass is 9.92. The van der Waals surface area contributed by atoms with Gasteiger partial charge in [-0.1, -0.05) is 43.9 Å². The second kappa shape index (κ2) is 9.34. The molecule has 31 heavy (non-hydrogen) atoms. The van der Waals surface area contributed by atoms with Gasteiger partial charge in [-0.3, -0.25) is 14.5 Å². The van der Waals surface area contributed by atoms with E-state index < -0.39 is 29.5 Å². The second-order valence-corrected chi connectivity index (χ2v) is 7.64. The van der Waals surface area contributed by atoms with Crippen LogP contribution in [0.25, 0.3) is 0 Å². The molecule has 1 saturated carbocycles. The van der Waals surface area contributed by atoms with E-state index in [9.17, 15) is 27.2 Å². The van der Waals surface area contributed by atoms with Crippen molar-refractivity contribution in [3.8, 4) is 12.3 Å². The monoisotopic (exact) mass is 431 g/mol. The molecule has 3 nitrogen and oxygen atoms in total. The van der Waals surface area contributed by atoms with Crippen molar-refractivity contribution in [2.45, 2.75) is 44.3 Å². The SMILES string of the molecule is C#CC(=O)N(c1cccc(C(F)(F)F)c1)C(C(=O)CC1CCCC1)c1ccc(F)cc1. The van der Waals surface area contributed by atoms with Crippen LogP contribution in [-0.4, -0.2) is 11.7 Å². The molecule has 0 aliphatic heterocycles. The van der Waals surface area contributed by atoms with E-state index >= 15 is 0 Å². The molecule has 0 spiro atoms. The van der Waals surface area contributed by atoms with Crippen LogP contribution < -0.4 is 4.90 Å². The summed E-state index contributed by atoms with van der Waals surface area (Å²) in [7, 11) is 0. The molecule has 0 bridgehead atoms. The Morgan fingerprint density at radius 2 is 1.74 bits per heavy atom. The Morgan fingerprint density at radius 1 is 1.10 bits per heavy atom. The van der Waals surface area contributed by atoms with Gasteiger partial charge in [0.05, 0.1) is 5.56 Å². The van der Waals surface area contributed by atoms with Gasteiger partial charge >= 0.3 is 12.1 Å². The largest absolute Gasteiger partial charge is 0.416 e. The molecule has 0 saturated heterocycles. The fourth-order valence-corrected chi connectivity index (χ4v) is 4.02. The molecule has 1 amide bonds. The van der Waals surface area contributed by atoms with Crippen molar-refractivity contribution in [3.05, 3.63) is 65.5 Å². The van der Waals surface area contributed by atoms with Gasteiger partial charge in [0.15, 0.2) is 5.78 Å². The highest BCUT2D eigenvalue weighted by Gasteiger charge is 2.36. The number of terminal acetylenes is 1. The van der Waals surface area contributed by atoms with Crippen molar-refractivity contribution in [2.75, 3.05) is 4.90 Å². The Bertz CT molecular complexity index is 986. The third kappa shape index (κ3) is 5.32. The Labute approximate surface area is 178 Å². The Hall–Kier alpha value is -3.14. The number of carbonyl (C=O) groups is 2. The highest BCUT2D eigenvalue weighted by molar-refractivity contribution is 6.10. The first-order valence-corrected chi connectivity index (χ1v) is 9.96. The molecule has 0 N–H and O–H groups in total. The molecule has 7 heteroatoms. The number of anilines is 1. The smallest absolute Gasteiger partial charge is 0.297 e. The third-order valence-corrected chi connectivity index (χ3v) is 5.51. The zero-order chi connectivity index (χ0) is 22.6.